The first-order valence-electron chi connectivity index (χ1n) is 6.54. The molecule has 0 heterocycles. The number of rotatable bonds is 9. The Kier molecular flexibility index (Phi) is 7.85. The summed E-state index contributed by atoms with van der Waals surface area (Å²) in [6, 6.07) is 6.87. The number of ether oxygens (including phenoxy) is 2. The van der Waals surface area contributed by atoms with E-state index >= 15 is 0 Å². The van der Waals surface area contributed by atoms with Gasteiger partial charge < -0.3 is 25.2 Å². The minimum Gasteiger partial charge on any atom is -0.479 e. The summed E-state index contributed by atoms with van der Waals surface area (Å²) >= 11 is 0. The Morgan fingerprint density at radius 2 is 1.90 bits per heavy atom. The number of carbonyl (C=O) groups is 2. The molecule has 7 nitrogen and oxygen atoms in total. The maximum absolute atomic E-state index is 11.7. The van der Waals surface area contributed by atoms with Gasteiger partial charge in [-0.05, 0) is 5.56 Å². The molecule has 1 aromatic rings. The lowest BCUT2D eigenvalue weighted by Crippen LogP contribution is -2.42. The highest BCUT2D eigenvalue weighted by Gasteiger charge is 2.21. The fourth-order valence-corrected chi connectivity index (χ4v) is 1.60. The van der Waals surface area contributed by atoms with Gasteiger partial charge in [0.15, 0.2) is 6.04 Å². The van der Waals surface area contributed by atoms with Crippen molar-refractivity contribution in [3.63, 3.8) is 0 Å². The molecule has 0 spiro atoms. The monoisotopic (exact) mass is 296 g/mol. The third-order valence-electron chi connectivity index (χ3n) is 2.62. The van der Waals surface area contributed by atoms with Crippen LogP contribution in [0.5, 0.6) is 0 Å². The van der Waals surface area contributed by atoms with Gasteiger partial charge in [0.25, 0.3) is 0 Å². The Morgan fingerprint density at radius 1 is 1.19 bits per heavy atom. The second-order valence-corrected chi connectivity index (χ2v) is 4.19. The van der Waals surface area contributed by atoms with Crippen molar-refractivity contribution in [2.45, 2.75) is 6.04 Å². The van der Waals surface area contributed by atoms with Gasteiger partial charge in [0, 0.05) is 13.7 Å². The molecule has 0 radical (unpaired) electrons. The number of carbonyl (C=O) groups excluding carboxylic acids is 1. The molecule has 1 rings (SSSR count). The lowest BCUT2D eigenvalue weighted by atomic mass is 10.1. The van der Waals surface area contributed by atoms with Crippen LogP contribution >= 0.6 is 0 Å². The summed E-state index contributed by atoms with van der Waals surface area (Å²) in [4.78, 5) is 22.9. The van der Waals surface area contributed by atoms with Gasteiger partial charge in [-0.3, -0.25) is 0 Å². The molecular weight excluding hydrogens is 276 g/mol. The van der Waals surface area contributed by atoms with Crippen LogP contribution in [0.2, 0.25) is 0 Å². The average molecular weight is 296 g/mol. The normalized spacial score (nSPS) is 11.7. The quantitative estimate of drug-likeness (QED) is 0.585. The van der Waals surface area contributed by atoms with Crippen LogP contribution in [0.3, 0.4) is 0 Å². The molecule has 0 fully saturated rings. The number of hydrogen-bond acceptors (Lipinski definition) is 4. The SMILES string of the molecule is COCCOCCNC(=O)N[C@H](C(=O)O)c1ccccc1. The summed E-state index contributed by atoms with van der Waals surface area (Å²) in [6.45, 7) is 1.55. The first-order valence-corrected chi connectivity index (χ1v) is 6.54. The third kappa shape index (κ3) is 6.73. The number of methoxy groups -OCH3 is 1. The molecule has 0 aliphatic rings. The number of nitrogens with one attached hydrogen (secondary N) is 2. The highest BCUT2D eigenvalue weighted by Crippen LogP contribution is 2.12. The lowest BCUT2D eigenvalue weighted by molar-refractivity contribution is -0.139. The van der Waals surface area contributed by atoms with Gasteiger partial charge >= 0.3 is 12.0 Å². The highest BCUT2D eigenvalue weighted by molar-refractivity contribution is 5.83. The summed E-state index contributed by atoms with van der Waals surface area (Å²) in [5.41, 5.74) is 0.511. The fraction of sp³-hybridized carbons (Fsp3) is 0.429. The fourth-order valence-electron chi connectivity index (χ4n) is 1.60. The molecule has 1 aromatic carbocycles. The third-order valence-corrected chi connectivity index (χ3v) is 2.62. The van der Waals surface area contributed by atoms with Gasteiger partial charge in [-0.2, -0.15) is 0 Å². The maximum Gasteiger partial charge on any atom is 0.330 e. The molecular formula is C14H20N2O5. The predicted octanol–water partition coefficient (Wildman–Crippen LogP) is 0.775. The molecule has 21 heavy (non-hydrogen) atoms. The molecule has 0 aliphatic carbocycles. The predicted molar refractivity (Wildman–Crippen MR) is 76.0 cm³/mol. The lowest BCUT2D eigenvalue weighted by Gasteiger charge is -2.15. The molecule has 1 atom stereocenters. The van der Waals surface area contributed by atoms with E-state index < -0.39 is 18.0 Å². The Labute approximate surface area is 123 Å². The summed E-state index contributed by atoms with van der Waals surface area (Å²) in [5.74, 6) is -1.12. The van der Waals surface area contributed by atoms with Crippen LogP contribution in [-0.4, -0.2) is 50.6 Å². The molecule has 0 unspecified atom stereocenters. The smallest absolute Gasteiger partial charge is 0.330 e. The minimum atomic E-state index is -1.12. The summed E-state index contributed by atoms with van der Waals surface area (Å²) in [5, 5.41) is 14.1. The van der Waals surface area contributed by atoms with Gasteiger partial charge in [-0.1, -0.05) is 30.3 Å². The minimum absolute atomic E-state index is 0.288. The van der Waals surface area contributed by atoms with Crippen molar-refractivity contribution in [3.05, 3.63) is 35.9 Å². The van der Waals surface area contributed by atoms with Crippen molar-refractivity contribution in [2.75, 3.05) is 33.5 Å². The van der Waals surface area contributed by atoms with Gasteiger partial charge in [-0.25, -0.2) is 9.59 Å². The van der Waals surface area contributed by atoms with Gasteiger partial charge in [0.05, 0.1) is 19.8 Å². The van der Waals surface area contributed by atoms with Gasteiger partial charge in [-0.15, -0.1) is 0 Å². The number of hydrogen-bond donors (Lipinski definition) is 3. The van der Waals surface area contributed by atoms with E-state index in [4.69, 9.17) is 14.6 Å². The molecule has 0 saturated heterocycles. The number of carboxylic acids is 1. The first-order chi connectivity index (χ1) is 10.1. The summed E-state index contributed by atoms with van der Waals surface area (Å²) < 4.78 is 9.99. The molecule has 3 N–H and O–H groups in total. The van der Waals surface area contributed by atoms with Crippen molar-refractivity contribution in [1.82, 2.24) is 10.6 Å². The molecule has 0 saturated carbocycles. The highest BCUT2D eigenvalue weighted by atomic mass is 16.5. The number of carboxylic acid groups (broad SMARTS) is 1. The van der Waals surface area contributed by atoms with E-state index in [1.54, 1.807) is 37.4 Å². The van der Waals surface area contributed by atoms with Crippen molar-refractivity contribution in [3.8, 4) is 0 Å². The zero-order valence-corrected chi connectivity index (χ0v) is 11.9. The van der Waals surface area contributed by atoms with Crippen molar-refractivity contribution >= 4 is 12.0 Å². The van der Waals surface area contributed by atoms with Crippen LogP contribution in [0.4, 0.5) is 4.79 Å². The Bertz CT molecular complexity index is 438. The second-order valence-electron chi connectivity index (χ2n) is 4.19. The Morgan fingerprint density at radius 3 is 2.52 bits per heavy atom. The standard InChI is InChI=1S/C14H20N2O5/c1-20-9-10-21-8-7-15-14(19)16-12(13(17)18)11-5-3-2-4-6-11/h2-6,12H,7-10H2,1H3,(H,17,18)(H2,15,16,19)/t12-/m0/s1. The Hall–Kier alpha value is -2.12. The van der Waals surface area contributed by atoms with E-state index in [2.05, 4.69) is 10.6 Å². The average Bonchev–Trinajstić information content (AvgIpc) is 2.49. The molecule has 0 bridgehead atoms. The number of benzene rings is 1. The van der Waals surface area contributed by atoms with Crippen LogP contribution < -0.4 is 10.6 Å². The number of amides is 2. The van der Waals surface area contributed by atoms with E-state index in [1.807, 2.05) is 0 Å². The molecule has 0 aliphatic heterocycles. The van der Waals surface area contributed by atoms with E-state index in [0.717, 1.165) is 0 Å². The van der Waals surface area contributed by atoms with Crippen LogP contribution in [0.15, 0.2) is 30.3 Å². The zero-order valence-electron chi connectivity index (χ0n) is 11.9. The van der Waals surface area contributed by atoms with E-state index in [0.29, 0.717) is 25.4 Å². The van der Waals surface area contributed by atoms with Crippen LogP contribution in [0, 0.1) is 0 Å². The van der Waals surface area contributed by atoms with Gasteiger partial charge in [0.1, 0.15) is 0 Å². The molecule has 0 aromatic heterocycles. The van der Waals surface area contributed by atoms with Crippen molar-refractivity contribution < 1.29 is 24.2 Å². The summed E-state index contributed by atoms with van der Waals surface area (Å²) in [6.07, 6.45) is 0. The number of urea groups is 1. The molecule has 116 valence electrons. The van der Waals surface area contributed by atoms with Crippen molar-refractivity contribution in [1.29, 1.82) is 0 Å². The van der Waals surface area contributed by atoms with E-state index in [-0.39, 0.29) is 6.54 Å². The van der Waals surface area contributed by atoms with Crippen LogP contribution in [0.1, 0.15) is 11.6 Å². The first kappa shape index (κ1) is 16.9. The molecule has 7 heteroatoms. The topological polar surface area (TPSA) is 96.9 Å². The van der Waals surface area contributed by atoms with Crippen LogP contribution in [0.25, 0.3) is 0 Å². The molecule has 2 amide bonds. The van der Waals surface area contributed by atoms with E-state index in [1.165, 1.54) is 0 Å². The number of aliphatic carboxylic acids is 1. The maximum atomic E-state index is 11.7. The van der Waals surface area contributed by atoms with Crippen molar-refractivity contribution in [2.24, 2.45) is 0 Å². The van der Waals surface area contributed by atoms with E-state index in [9.17, 15) is 9.59 Å². The summed E-state index contributed by atoms with van der Waals surface area (Å²) in [7, 11) is 1.57. The van der Waals surface area contributed by atoms with Crippen LogP contribution in [-0.2, 0) is 14.3 Å². The Balaban J connectivity index is 2.35. The second kappa shape index (κ2) is 9.73. The largest absolute Gasteiger partial charge is 0.479 e. The zero-order chi connectivity index (χ0) is 15.5. The van der Waals surface area contributed by atoms with Gasteiger partial charge in [0.2, 0.25) is 0 Å².